The van der Waals surface area contributed by atoms with E-state index in [1.807, 2.05) is 13.8 Å². The Kier molecular flexibility index (Phi) is 6.04. The molecule has 1 N–H and O–H groups in total. The molecule has 114 valence electrons. The summed E-state index contributed by atoms with van der Waals surface area (Å²) in [6.07, 6.45) is -1.40. The summed E-state index contributed by atoms with van der Waals surface area (Å²) in [5, 5.41) is 2.80. The lowest BCUT2D eigenvalue weighted by molar-refractivity contribution is -0.135. The Balaban J connectivity index is 2.46. The van der Waals surface area contributed by atoms with Crippen LogP contribution < -0.4 is 10.9 Å². The summed E-state index contributed by atoms with van der Waals surface area (Å²) in [5.41, 5.74) is -0.239. The third-order valence-electron chi connectivity index (χ3n) is 2.66. The van der Waals surface area contributed by atoms with Gasteiger partial charge in [0.25, 0.3) is 5.56 Å². The van der Waals surface area contributed by atoms with Gasteiger partial charge < -0.3 is 9.88 Å². The summed E-state index contributed by atoms with van der Waals surface area (Å²) in [4.78, 5) is 15.9. The first kappa shape index (κ1) is 16.5. The zero-order valence-electron chi connectivity index (χ0n) is 11.7. The molecule has 1 heterocycles. The number of rotatable bonds is 7. The van der Waals surface area contributed by atoms with Gasteiger partial charge in [0, 0.05) is 31.9 Å². The van der Waals surface area contributed by atoms with E-state index >= 15 is 0 Å². The number of aromatic nitrogens is 2. The van der Waals surface area contributed by atoms with Crippen LogP contribution in [-0.2, 0) is 6.54 Å². The predicted molar refractivity (Wildman–Crippen MR) is 71.7 cm³/mol. The predicted octanol–water partition coefficient (Wildman–Crippen LogP) is 3.04. The summed E-state index contributed by atoms with van der Waals surface area (Å²) >= 11 is 0. The van der Waals surface area contributed by atoms with Crippen LogP contribution in [0, 0.1) is 5.92 Å². The minimum atomic E-state index is -4.12. The van der Waals surface area contributed by atoms with E-state index in [1.54, 1.807) is 10.8 Å². The van der Waals surface area contributed by atoms with E-state index in [0.29, 0.717) is 25.4 Å². The molecule has 0 amide bonds. The molecule has 1 rings (SSSR count). The van der Waals surface area contributed by atoms with Crippen LogP contribution in [0.5, 0.6) is 0 Å². The minimum Gasteiger partial charge on any atom is -0.365 e. The first-order chi connectivity index (χ1) is 9.29. The fourth-order valence-corrected chi connectivity index (χ4v) is 1.76. The quantitative estimate of drug-likeness (QED) is 0.785. The van der Waals surface area contributed by atoms with Gasteiger partial charge in [-0.1, -0.05) is 13.8 Å². The highest BCUT2D eigenvalue weighted by Gasteiger charge is 2.25. The highest BCUT2D eigenvalue weighted by Crippen LogP contribution is 2.21. The Morgan fingerprint density at radius 3 is 2.65 bits per heavy atom. The molecule has 1 aromatic heterocycles. The van der Waals surface area contributed by atoms with Crippen molar-refractivity contribution in [2.75, 3.05) is 11.9 Å². The first-order valence-corrected chi connectivity index (χ1v) is 6.65. The van der Waals surface area contributed by atoms with E-state index < -0.39 is 12.6 Å². The normalized spacial score (nSPS) is 11.9. The van der Waals surface area contributed by atoms with E-state index in [4.69, 9.17) is 0 Å². The average molecular weight is 291 g/mol. The van der Waals surface area contributed by atoms with Gasteiger partial charge >= 0.3 is 6.18 Å². The third-order valence-corrected chi connectivity index (χ3v) is 2.66. The number of unbranched alkanes of at least 4 members (excludes halogenated alkanes) is 1. The first-order valence-electron chi connectivity index (χ1n) is 6.65. The maximum absolute atomic E-state index is 12.0. The van der Waals surface area contributed by atoms with E-state index in [0.717, 1.165) is 0 Å². The van der Waals surface area contributed by atoms with Crippen LogP contribution in [0.4, 0.5) is 19.0 Å². The van der Waals surface area contributed by atoms with Gasteiger partial charge in [0.1, 0.15) is 0 Å². The second-order valence-electron chi connectivity index (χ2n) is 5.13. The van der Waals surface area contributed by atoms with Crippen LogP contribution in [0.2, 0.25) is 0 Å². The number of halogens is 3. The number of nitrogens with zero attached hydrogens (tertiary/aromatic N) is 2. The minimum absolute atomic E-state index is 0.0452. The van der Waals surface area contributed by atoms with Crippen LogP contribution in [0.3, 0.4) is 0 Å². The molecule has 20 heavy (non-hydrogen) atoms. The Hall–Kier alpha value is -1.53. The fourth-order valence-electron chi connectivity index (χ4n) is 1.76. The van der Waals surface area contributed by atoms with Gasteiger partial charge in [-0.25, -0.2) is 4.98 Å². The second kappa shape index (κ2) is 7.31. The maximum atomic E-state index is 12.0. The number of nitrogens with one attached hydrogen (secondary N) is 1. The molecule has 0 aliphatic rings. The molecule has 0 aliphatic carbocycles. The molecule has 0 saturated carbocycles. The Morgan fingerprint density at radius 1 is 1.35 bits per heavy atom. The van der Waals surface area contributed by atoms with Gasteiger partial charge in [-0.3, -0.25) is 4.79 Å². The van der Waals surface area contributed by atoms with Crippen LogP contribution >= 0.6 is 0 Å². The van der Waals surface area contributed by atoms with Crippen LogP contribution in [-0.4, -0.2) is 22.3 Å². The molecule has 0 spiro atoms. The lowest BCUT2D eigenvalue weighted by Crippen LogP contribution is -2.26. The third kappa shape index (κ3) is 6.08. The van der Waals surface area contributed by atoms with Crippen molar-refractivity contribution >= 4 is 5.82 Å². The molecular formula is C13H20F3N3O. The summed E-state index contributed by atoms with van der Waals surface area (Å²) in [6, 6.07) is 0. The second-order valence-corrected chi connectivity index (χ2v) is 5.13. The van der Waals surface area contributed by atoms with Crippen molar-refractivity contribution in [3.8, 4) is 0 Å². The van der Waals surface area contributed by atoms with Gasteiger partial charge in [0.2, 0.25) is 0 Å². The summed E-state index contributed by atoms with van der Waals surface area (Å²) in [7, 11) is 0. The standard InChI is InChI=1S/C13H20F3N3O/c1-10(2)9-19-8-7-18-11(12(19)20)17-6-4-3-5-13(14,15)16/h7-8,10H,3-6,9H2,1-2H3,(H,17,18). The molecule has 0 unspecified atom stereocenters. The van der Waals surface area contributed by atoms with Crippen molar-refractivity contribution in [2.24, 2.45) is 5.92 Å². The van der Waals surface area contributed by atoms with E-state index in [-0.39, 0.29) is 17.8 Å². The molecule has 0 bridgehead atoms. The summed E-state index contributed by atoms with van der Waals surface area (Å²) < 4.78 is 37.4. The molecule has 0 fully saturated rings. The van der Waals surface area contributed by atoms with Crippen LogP contribution in [0.1, 0.15) is 33.1 Å². The fraction of sp³-hybridized carbons (Fsp3) is 0.692. The Bertz CT molecular complexity index is 469. The van der Waals surface area contributed by atoms with E-state index in [9.17, 15) is 18.0 Å². The zero-order chi connectivity index (χ0) is 15.2. The van der Waals surface area contributed by atoms with Gasteiger partial charge in [0.15, 0.2) is 5.82 Å². The van der Waals surface area contributed by atoms with Gasteiger partial charge in [-0.15, -0.1) is 0 Å². The van der Waals surface area contributed by atoms with Gasteiger partial charge in [-0.2, -0.15) is 13.2 Å². The SMILES string of the molecule is CC(C)Cn1ccnc(NCCCCC(F)(F)F)c1=O. The molecule has 0 aliphatic heterocycles. The Morgan fingerprint density at radius 2 is 2.05 bits per heavy atom. The van der Waals surface area contributed by atoms with Crippen molar-refractivity contribution in [2.45, 2.75) is 45.8 Å². The van der Waals surface area contributed by atoms with E-state index in [1.165, 1.54) is 6.20 Å². The molecule has 4 nitrogen and oxygen atoms in total. The molecule has 0 radical (unpaired) electrons. The topological polar surface area (TPSA) is 46.9 Å². The zero-order valence-corrected chi connectivity index (χ0v) is 11.7. The molecular weight excluding hydrogens is 271 g/mol. The molecule has 7 heteroatoms. The number of hydrogen-bond donors (Lipinski definition) is 1. The number of anilines is 1. The van der Waals surface area contributed by atoms with Crippen molar-refractivity contribution in [1.82, 2.24) is 9.55 Å². The highest BCUT2D eigenvalue weighted by molar-refractivity contribution is 5.30. The monoisotopic (exact) mass is 291 g/mol. The summed E-state index contributed by atoms with van der Waals surface area (Å²) in [5.74, 6) is 0.523. The van der Waals surface area contributed by atoms with Crippen molar-refractivity contribution < 1.29 is 13.2 Å². The largest absolute Gasteiger partial charge is 0.389 e. The summed E-state index contributed by atoms with van der Waals surface area (Å²) in [6.45, 7) is 4.89. The number of alkyl halides is 3. The van der Waals surface area contributed by atoms with Crippen LogP contribution in [0.15, 0.2) is 17.2 Å². The van der Waals surface area contributed by atoms with Gasteiger partial charge in [-0.05, 0) is 18.8 Å². The Labute approximate surface area is 116 Å². The highest BCUT2D eigenvalue weighted by atomic mass is 19.4. The number of hydrogen-bond acceptors (Lipinski definition) is 3. The lowest BCUT2D eigenvalue weighted by Gasteiger charge is -2.11. The smallest absolute Gasteiger partial charge is 0.365 e. The lowest BCUT2D eigenvalue weighted by atomic mass is 10.2. The van der Waals surface area contributed by atoms with Crippen molar-refractivity contribution in [3.05, 3.63) is 22.7 Å². The van der Waals surface area contributed by atoms with E-state index in [2.05, 4.69) is 10.3 Å². The van der Waals surface area contributed by atoms with Crippen molar-refractivity contribution in [1.29, 1.82) is 0 Å². The maximum Gasteiger partial charge on any atom is 0.389 e. The molecule has 1 aromatic rings. The van der Waals surface area contributed by atoms with Gasteiger partial charge in [0.05, 0.1) is 0 Å². The van der Waals surface area contributed by atoms with Crippen molar-refractivity contribution in [3.63, 3.8) is 0 Å². The molecule has 0 aromatic carbocycles. The van der Waals surface area contributed by atoms with Crippen LogP contribution in [0.25, 0.3) is 0 Å². The molecule has 0 atom stereocenters. The average Bonchev–Trinajstić information content (AvgIpc) is 2.31. The molecule has 0 saturated heterocycles.